The third kappa shape index (κ3) is 4.46. The summed E-state index contributed by atoms with van der Waals surface area (Å²) in [6, 6.07) is 15.6. The van der Waals surface area contributed by atoms with Crippen molar-refractivity contribution < 1.29 is 9.53 Å². The Labute approximate surface area is 201 Å². The standard InChI is InChI=1S/C25H24N4O2S2/c1-16-17(2)32-24-22(16)25(27-15-26-24)33-21-10-6-3-7-18(21)23(30)28-19-8-4-5-9-20(19)29-11-13-31-14-12-29/h3-10,15H,11-14H2,1-2H3,(H,28,30). The molecule has 5 rings (SSSR count). The van der Waals surface area contributed by atoms with Gasteiger partial charge in [0, 0.05) is 28.2 Å². The average molecular weight is 477 g/mol. The van der Waals surface area contributed by atoms with Crippen LogP contribution in [0.3, 0.4) is 0 Å². The van der Waals surface area contributed by atoms with Crippen LogP contribution < -0.4 is 10.2 Å². The molecule has 3 heterocycles. The second-order valence-corrected chi connectivity index (χ2v) is 10.0. The minimum Gasteiger partial charge on any atom is -0.378 e. The lowest BCUT2D eigenvalue weighted by Crippen LogP contribution is -2.36. The number of aromatic nitrogens is 2. The van der Waals surface area contributed by atoms with E-state index in [1.54, 1.807) is 17.7 Å². The maximum absolute atomic E-state index is 13.4. The minimum absolute atomic E-state index is 0.137. The quantitative estimate of drug-likeness (QED) is 0.381. The lowest BCUT2D eigenvalue weighted by Gasteiger charge is -2.30. The van der Waals surface area contributed by atoms with Crippen LogP contribution in [0.1, 0.15) is 20.8 Å². The van der Waals surface area contributed by atoms with E-state index in [4.69, 9.17) is 4.74 Å². The third-order valence-corrected chi connectivity index (χ3v) is 7.97. The number of morpholine rings is 1. The average Bonchev–Trinajstić information content (AvgIpc) is 3.14. The summed E-state index contributed by atoms with van der Waals surface area (Å²) in [6.07, 6.45) is 1.60. The predicted octanol–water partition coefficient (Wildman–Crippen LogP) is 5.55. The number of amides is 1. The van der Waals surface area contributed by atoms with Gasteiger partial charge >= 0.3 is 0 Å². The number of para-hydroxylation sites is 2. The molecule has 1 aliphatic rings. The van der Waals surface area contributed by atoms with Crippen LogP contribution in [-0.2, 0) is 4.74 Å². The van der Waals surface area contributed by atoms with Gasteiger partial charge in [0.2, 0.25) is 0 Å². The van der Waals surface area contributed by atoms with E-state index in [1.807, 2.05) is 48.5 Å². The largest absolute Gasteiger partial charge is 0.378 e. The number of hydrogen-bond donors (Lipinski definition) is 1. The fourth-order valence-electron chi connectivity index (χ4n) is 3.92. The third-order valence-electron chi connectivity index (χ3n) is 5.77. The van der Waals surface area contributed by atoms with Crippen molar-refractivity contribution in [2.75, 3.05) is 36.5 Å². The normalized spacial score (nSPS) is 13.9. The number of nitrogens with zero attached hydrogens (tertiary/aromatic N) is 3. The number of carbonyl (C=O) groups is 1. The van der Waals surface area contributed by atoms with Crippen molar-refractivity contribution >= 4 is 50.6 Å². The highest BCUT2D eigenvalue weighted by Gasteiger charge is 2.19. The first kappa shape index (κ1) is 21.9. The molecule has 0 bridgehead atoms. The second-order valence-electron chi connectivity index (χ2n) is 7.81. The smallest absolute Gasteiger partial charge is 0.256 e. The monoisotopic (exact) mass is 476 g/mol. The molecule has 6 nitrogen and oxygen atoms in total. The second kappa shape index (κ2) is 9.51. The van der Waals surface area contributed by atoms with Crippen molar-refractivity contribution in [3.05, 3.63) is 70.9 Å². The lowest BCUT2D eigenvalue weighted by atomic mass is 10.2. The first-order valence-corrected chi connectivity index (χ1v) is 12.5. The zero-order chi connectivity index (χ0) is 22.8. The number of aryl methyl sites for hydroxylation is 2. The number of thiophene rings is 1. The van der Waals surface area contributed by atoms with Crippen LogP contribution in [0.15, 0.2) is 64.8 Å². The summed E-state index contributed by atoms with van der Waals surface area (Å²) in [7, 11) is 0. The van der Waals surface area contributed by atoms with Gasteiger partial charge in [0.05, 0.1) is 30.2 Å². The van der Waals surface area contributed by atoms with Crippen LogP contribution in [0.4, 0.5) is 11.4 Å². The van der Waals surface area contributed by atoms with Gasteiger partial charge in [-0.25, -0.2) is 9.97 Å². The number of nitrogens with one attached hydrogen (secondary N) is 1. The van der Waals surface area contributed by atoms with Gasteiger partial charge < -0.3 is 15.0 Å². The van der Waals surface area contributed by atoms with E-state index in [-0.39, 0.29) is 5.91 Å². The topological polar surface area (TPSA) is 67.4 Å². The molecule has 1 saturated heterocycles. The summed E-state index contributed by atoms with van der Waals surface area (Å²) >= 11 is 3.18. The van der Waals surface area contributed by atoms with Gasteiger partial charge in [-0.2, -0.15) is 0 Å². The first-order valence-electron chi connectivity index (χ1n) is 10.8. The molecule has 4 aromatic rings. The van der Waals surface area contributed by atoms with Crippen molar-refractivity contribution in [3.8, 4) is 0 Å². The molecule has 0 aliphatic carbocycles. The molecule has 1 aliphatic heterocycles. The molecule has 2 aromatic carbocycles. The highest BCUT2D eigenvalue weighted by atomic mass is 32.2. The Morgan fingerprint density at radius 3 is 2.67 bits per heavy atom. The zero-order valence-electron chi connectivity index (χ0n) is 18.5. The fourth-order valence-corrected chi connectivity index (χ4v) is 6.06. The van der Waals surface area contributed by atoms with Crippen molar-refractivity contribution in [3.63, 3.8) is 0 Å². The summed E-state index contributed by atoms with van der Waals surface area (Å²) in [5.41, 5.74) is 3.63. The Hall–Kier alpha value is -2.94. The number of carbonyl (C=O) groups excluding carboxylic acids is 1. The van der Waals surface area contributed by atoms with Gasteiger partial charge in [-0.15, -0.1) is 11.3 Å². The van der Waals surface area contributed by atoms with E-state index < -0.39 is 0 Å². The van der Waals surface area contributed by atoms with Crippen LogP contribution in [0, 0.1) is 13.8 Å². The maximum atomic E-state index is 13.4. The molecule has 8 heteroatoms. The van der Waals surface area contributed by atoms with Gasteiger partial charge in [-0.3, -0.25) is 4.79 Å². The molecule has 1 amide bonds. The highest BCUT2D eigenvalue weighted by Crippen LogP contribution is 2.38. The van der Waals surface area contributed by atoms with Crippen molar-refractivity contribution in [1.82, 2.24) is 9.97 Å². The molecule has 168 valence electrons. The van der Waals surface area contributed by atoms with Gasteiger partial charge in [0.1, 0.15) is 16.2 Å². The summed E-state index contributed by atoms with van der Waals surface area (Å²) < 4.78 is 5.48. The summed E-state index contributed by atoms with van der Waals surface area (Å²) in [5, 5.41) is 5.08. The molecule has 1 fully saturated rings. The van der Waals surface area contributed by atoms with Gasteiger partial charge in [0.15, 0.2) is 0 Å². The van der Waals surface area contributed by atoms with Crippen LogP contribution >= 0.6 is 23.1 Å². The fraction of sp³-hybridized carbons (Fsp3) is 0.240. The summed E-state index contributed by atoms with van der Waals surface area (Å²) in [6.45, 7) is 7.20. The molecule has 0 spiro atoms. The van der Waals surface area contributed by atoms with E-state index in [0.29, 0.717) is 18.8 Å². The van der Waals surface area contributed by atoms with Crippen molar-refractivity contribution in [1.29, 1.82) is 0 Å². The number of hydrogen-bond acceptors (Lipinski definition) is 7. The zero-order valence-corrected chi connectivity index (χ0v) is 20.1. The number of ether oxygens (including phenoxy) is 1. The minimum atomic E-state index is -0.137. The first-order chi connectivity index (χ1) is 16.1. The highest BCUT2D eigenvalue weighted by molar-refractivity contribution is 7.99. The number of anilines is 2. The molecule has 0 unspecified atom stereocenters. The summed E-state index contributed by atoms with van der Waals surface area (Å²) in [5.74, 6) is -0.137. The SMILES string of the molecule is Cc1sc2ncnc(Sc3ccccc3C(=O)Nc3ccccc3N3CCOCC3)c2c1C. The molecular formula is C25H24N4O2S2. The van der Waals surface area contributed by atoms with Crippen LogP contribution in [0.5, 0.6) is 0 Å². The molecule has 2 aromatic heterocycles. The van der Waals surface area contributed by atoms with Gasteiger partial charge in [-0.05, 0) is 43.7 Å². The molecular weight excluding hydrogens is 452 g/mol. The molecule has 0 radical (unpaired) electrons. The Bertz CT molecular complexity index is 1320. The van der Waals surface area contributed by atoms with Crippen LogP contribution in [0.2, 0.25) is 0 Å². The van der Waals surface area contributed by atoms with Crippen LogP contribution in [-0.4, -0.2) is 42.2 Å². The predicted molar refractivity (Wildman–Crippen MR) is 135 cm³/mol. The van der Waals surface area contributed by atoms with E-state index in [0.717, 1.165) is 44.6 Å². The van der Waals surface area contributed by atoms with E-state index in [1.165, 1.54) is 22.2 Å². The Morgan fingerprint density at radius 2 is 1.82 bits per heavy atom. The Balaban J connectivity index is 1.44. The lowest BCUT2D eigenvalue weighted by molar-refractivity contribution is 0.102. The van der Waals surface area contributed by atoms with Crippen molar-refractivity contribution in [2.45, 2.75) is 23.8 Å². The van der Waals surface area contributed by atoms with Gasteiger partial charge in [-0.1, -0.05) is 36.0 Å². The molecule has 0 saturated carbocycles. The van der Waals surface area contributed by atoms with Crippen LogP contribution in [0.25, 0.3) is 10.2 Å². The Kier molecular flexibility index (Phi) is 6.30. The molecule has 33 heavy (non-hydrogen) atoms. The van der Waals surface area contributed by atoms with E-state index >= 15 is 0 Å². The molecule has 1 N–H and O–H groups in total. The number of benzene rings is 2. The van der Waals surface area contributed by atoms with E-state index in [9.17, 15) is 4.79 Å². The number of rotatable bonds is 5. The van der Waals surface area contributed by atoms with Gasteiger partial charge in [0.25, 0.3) is 5.91 Å². The van der Waals surface area contributed by atoms with Crippen molar-refractivity contribution in [2.24, 2.45) is 0 Å². The molecule has 0 atom stereocenters. The Morgan fingerprint density at radius 1 is 1.06 bits per heavy atom. The number of fused-ring (bicyclic) bond motifs is 1. The maximum Gasteiger partial charge on any atom is 0.256 e. The van der Waals surface area contributed by atoms with E-state index in [2.05, 4.69) is 34.0 Å². The summed E-state index contributed by atoms with van der Waals surface area (Å²) in [4.78, 5) is 27.7.